The van der Waals surface area contributed by atoms with E-state index in [2.05, 4.69) is 52.5 Å². The van der Waals surface area contributed by atoms with E-state index in [9.17, 15) is 0 Å². The van der Waals surface area contributed by atoms with Gasteiger partial charge in [-0.05, 0) is 37.0 Å². The molecule has 1 saturated carbocycles. The minimum absolute atomic E-state index is 0.245. The van der Waals surface area contributed by atoms with Crippen molar-refractivity contribution < 1.29 is 4.74 Å². The van der Waals surface area contributed by atoms with Crippen LogP contribution in [0.4, 0.5) is 0 Å². The molecular formula is C27H25N5O. The SMILES string of the molecule is CO[C@H]1C[C@@](N)(c2ccc(-c3nc4c(cnc5cc(C)nn54)cc3-c3ccccc3)cc2)C1. The van der Waals surface area contributed by atoms with Crippen LogP contribution >= 0.6 is 0 Å². The van der Waals surface area contributed by atoms with Crippen LogP contribution in [0.25, 0.3) is 39.1 Å². The summed E-state index contributed by atoms with van der Waals surface area (Å²) in [6, 6.07) is 23.0. The quantitative estimate of drug-likeness (QED) is 0.435. The van der Waals surface area contributed by atoms with E-state index in [1.807, 2.05) is 41.9 Å². The molecule has 1 aliphatic rings. The number of nitrogens with zero attached hydrogens (tertiary/aromatic N) is 4. The van der Waals surface area contributed by atoms with Crippen LogP contribution in [-0.2, 0) is 10.3 Å². The summed E-state index contributed by atoms with van der Waals surface area (Å²) in [4.78, 5) is 9.70. The number of methoxy groups -OCH3 is 1. The van der Waals surface area contributed by atoms with E-state index in [-0.39, 0.29) is 11.6 Å². The molecule has 2 N–H and O–H groups in total. The van der Waals surface area contributed by atoms with Crippen molar-refractivity contribution in [3.8, 4) is 22.4 Å². The van der Waals surface area contributed by atoms with Crippen LogP contribution < -0.4 is 5.73 Å². The third-order valence-corrected chi connectivity index (χ3v) is 6.72. The van der Waals surface area contributed by atoms with Crippen molar-refractivity contribution in [2.75, 3.05) is 7.11 Å². The molecule has 0 radical (unpaired) electrons. The Morgan fingerprint density at radius 3 is 2.48 bits per heavy atom. The fourth-order valence-electron chi connectivity index (χ4n) is 4.83. The molecule has 0 unspecified atom stereocenters. The van der Waals surface area contributed by atoms with E-state index in [0.29, 0.717) is 0 Å². The molecule has 33 heavy (non-hydrogen) atoms. The molecule has 2 aromatic carbocycles. The highest BCUT2D eigenvalue weighted by Gasteiger charge is 2.42. The number of nitrogens with two attached hydrogens (primary N) is 1. The molecule has 1 aliphatic carbocycles. The number of benzene rings is 2. The Morgan fingerprint density at radius 1 is 1.00 bits per heavy atom. The van der Waals surface area contributed by atoms with Gasteiger partial charge < -0.3 is 10.5 Å². The number of rotatable bonds is 4. The van der Waals surface area contributed by atoms with Crippen molar-refractivity contribution in [2.45, 2.75) is 31.4 Å². The smallest absolute Gasteiger partial charge is 0.165 e. The fourth-order valence-corrected chi connectivity index (χ4v) is 4.83. The number of pyridine rings is 1. The molecule has 3 heterocycles. The number of hydrogen-bond donors (Lipinski definition) is 1. The van der Waals surface area contributed by atoms with Gasteiger partial charge in [-0.1, -0.05) is 54.6 Å². The van der Waals surface area contributed by atoms with Gasteiger partial charge in [-0.15, -0.1) is 0 Å². The molecule has 0 aliphatic heterocycles. The molecule has 0 bridgehead atoms. The second-order valence-electron chi connectivity index (χ2n) is 8.98. The fraction of sp³-hybridized carbons (Fsp3) is 0.222. The van der Waals surface area contributed by atoms with E-state index in [1.165, 1.54) is 0 Å². The van der Waals surface area contributed by atoms with E-state index >= 15 is 0 Å². The molecule has 1 fully saturated rings. The van der Waals surface area contributed by atoms with Crippen LogP contribution in [0, 0.1) is 6.92 Å². The normalized spacial score (nSPS) is 20.3. The van der Waals surface area contributed by atoms with Crippen molar-refractivity contribution >= 4 is 16.7 Å². The Kier molecular flexibility index (Phi) is 4.54. The lowest BCUT2D eigenvalue weighted by molar-refractivity contribution is -0.0161. The second kappa shape index (κ2) is 7.47. The highest BCUT2D eigenvalue weighted by Crippen LogP contribution is 2.41. The first-order valence-corrected chi connectivity index (χ1v) is 11.2. The summed E-state index contributed by atoms with van der Waals surface area (Å²) in [5, 5.41) is 5.57. The van der Waals surface area contributed by atoms with Crippen LogP contribution in [0.5, 0.6) is 0 Å². The Bertz CT molecular complexity index is 1470. The Morgan fingerprint density at radius 2 is 1.76 bits per heavy atom. The molecule has 5 aromatic rings. The van der Waals surface area contributed by atoms with Gasteiger partial charge >= 0.3 is 0 Å². The Balaban J connectivity index is 1.52. The average molecular weight is 436 g/mol. The molecule has 0 atom stereocenters. The van der Waals surface area contributed by atoms with Crippen molar-refractivity contribution in [3.05, 3.63) is 84.2 Å². The van der Waals surface area contributed by atoms with Gasteiger partial charge in [0.1, 0.15) is 0 Å². The monoisotopic (exact) mass is 435 g/mol. The first-order valence-electron chi connectivity index (χ1n) is 11.2. The average Bonchev–Trinajstić information content (AvgIpc) is 3.22. The molecule has 0 spiro atoms. The van der Waals surface area contributed by atoms with E-state index in [0.717, 1.165) is 63.2 Å². The Labute approximate surface area is 192 Å². The lowest BCUT2D eigenvalue weighted by atomic mass is 9.70. The number of aromatic nitrogens is 4. The summed E-state index contributed by atoms with van der Waals surface area (Å²) in [5.74, 6) is 0. The van der Waals surface area contributed by atoms with Crippen LogP contribution in [0.15, 0.2) is 72.9 Å². The van der Waals surface area contributed by atoms with Gasteiger partial charge in [-0.3, -0.25) is 0 Å². The summed E-state index contributed by atoms with van der Waals surface area (Å²) >= 11 is 0. The van der Waals surface area contributed by atoms with Gasteiger partial charge in [-0.25, -0.2) is 9.97 Å². The maximum absolute atomic E-state index is 6.62. The lowest BCUT2D eigenvalue weighted by Crippen LogP contribution is -2.52. The first-order chi connectivity index (χ1) is 16.0. The van der Waals surface area contributed by atoms with E-state index in [1.54, 1.807) is 7.11 Å². The van der Waals surface area contributed by atoms with Crippen molar-refractivity contribution in [1.82, 2.24) is 19.6 Å². The maximum atomic E-state index is 6.62. The zero-order chi connectivity index (χ0) is 22.6. The molecule has 164 valence electrons. The third kappa shape index (κ3) is 3.30. The van der Waals surface area contributed by atoms with Crippen LogP contribution in [0.2, 0.25) is 0 Å². The second-order valence-corrected chi connectivity index (χ2v) is 8.98. The van der Waals surface area contributed by atoms with Gasteiger partial charge in [0.15, 0.2) is 11.3 Å². The topological polar surface area (TPSA) is 78.3 Å². The van der Waals surface area contributed by atoms with Crippen LogP contribution in [0.1, 0.15) is 24.1 Å². The van der Waals surface area contributed by atoms with Gasteiger partial charge in [0.05, 0.1) is 17.5 Å². The van der Waals surface area contributed by atoms with Crippen molar-refractivity contribution in [1.29, 1.82) is 0 Å². The van der Waals surface area contributed by atoms with Gasteiger partial charge in [0, 0.05) is 41.4 Å². The molecule has 0 amide bonds. The number of ether oxygens (including phenoxy) is 1. The van der Waals surface area contributed by atoms with Crippen molar-refractivity contribution in [2.24, 2.45) is 5.73 Å². The minimum atomic E-state index is -0.317. The molecule has 3 aromatic heterocycles. The summed E-state index contributed by atoms with van der Waals surface area (Å²) in [7, 11) is 1.75. The molecule has 6 heteroatoms. The molecule has 6 nitrogen and oxygen atoms in total. The maximum Gasteiger partial charge on any atom is 0.165 e. The first kappa shape index (κ1) is 20.0. The molecule has 0 saturated heterocycles. The largest absolute Gasteiger partial charge is 0.381 e. The predicted molar refractivity (Wildman–Crippen MR) is 130 cm³/mol. The summed E-state index contributed by atoms with van der Waals surface area (Å²) in [5.41, 5.74) is 14.1. The lowest BCUT2D eigenvalue weighted by Gasteiger charge is -2.44. The van der Waals surface area contributed by atoms with Gasteiger partial charge in [-0.2, -0.15) is 9.61 Å². The Hall–Kier alpha value is -3.61. The third-order valence-electron chi connectivity index (χ3n) is 6.72. The van der Waals surface area contributed by atoms with Gasteiger partial charge in [0.25, 0.3) is 0 Å². The number of hydrogen-bond acceptors (Lipinski definition) is 5. The minimum Gasteiger partial charge on any atom is -0.381 e. The van der Waals surface area contributed by atoms with E-state index in [4.69, 9.17) is 15.5 Å². The molecule has 6 rings (SSSR count). The van der Waals surface area contributed by atoms with Crippen molar-refractivity contribution in [3.63, 3.8) is 0 Å². The highest BCUT2D eigenvalue weighted by molar-refractivity contribution is 5.90. The van der Waals surface area contributed by atoms with E-state index < -0.39 is 0 Å². The highest BCUT2D eigenvalue weighted by atomic mass is 16.5. The number of aryl methyl sites for hydroxylation is 1. The molecular weight excluding hydrogens is 410 g/mol. The predicted octanol–water partition coefficient (Wildman–Crippen LogP) is 4.88. The standard InChI is InChI=1S/C27H25N5O/c1-17-12-24-29-16-20-13-23(18-6-4-3-5-7-18)25(30-26(20)32(24)31-17)19-8-10-21(11-9-19)27(28)14-22(15-27)33-2/h3-13,16,22H,14-15,28H2,1-2H3/t22-,27-. The summed E-state index contributed by atoms with van der Waals surface area (Å²) < 4.78 is 7.26. The van der Waals surface area contributed by atoms with Crippen LogP contribution in [0.3, 0.4) is 0 Å². The van der Waals surface area contributed by atoms with Crippen LogP contribution in [-0.4, -0.2) is 32.8 Å². The number of fused-ring (bicyclic) bond motifs is 3. The summed E-state index contributed by atoms with van der Waals surface area (Å²) in [6.07, 6.45) is 3.81. The summed E-state index contributed by atoms with van der Waals surface area (Å²) in [6.45, 7) is 1.97. The zero-order valence-corrected chi connectivity index (χ0v) is 18.7. The zero-order valence-electron chi connectivity index (χ0n) is 18.7. The van der Waals surface area contributed by atoms with Gasteiger partial charge in [0.2, 0.25) is 0 Å².